The minimum atomic E-state index is -0.361. The van der Waals surface area contributed by atoms with E-state index in [1.54, 1.807) is 7.11 Å². The fourth-order valence-electron chi connectivity index (χ4n) is 2.78. The number of rotatable bonds is 6. The maximum absolute atomic E-state index is 10.5. The molecule has 0 heterocycles. The second kappa shape index (κ2) is 8.01. The summed E-state index contributed by atoms with van der Waals surface area (Å²) in [6, 6.07) is 5.86. The Labute approximate surface area is 129 Å². The first kappa shape index (κ1) is 15.8. The van der Waals surface area contributed by atoms with Crippen LogP contribution in [0.1, 0.15) is 43.8 Å². The molecule has 1 aromatic rings. The van der Waals surface area contributed by atoms with Crippen molar-refractivity contribution in [2.24, 2.45) is 5.92 Å². The van der Waals surface area contributed by atoms with Gasteiger partial charge in [-0.3, -0.25) is 0 Å². The standard InChI is InChI=1S/C16H23BrO3/c1-19-9-10-20-15-8-7-13(11-14(15)17)16(18)12-5-3-2-4-6-12/h7-8,11-12,16,18H,2-6,9-10H2,1H3. The van der Waals surface area contributed by atoms with Crippen LogP contribution in [0.4, 0.5) is 0 Å². The maximum Gasteiger partial charge on any atom is 0.133 e. The third-order valence-electron chi connectivity index (χ3n) is 3.94. The van der Waals surface area contributed by atoms with Gasteiger partial charge in [-0.1, -0.05) is 25.3 Å². The number of aliphatic hydroxyl groups excluding tert-OH is 1. The van der Waals surface area contributed by atoms with Gasteiger partial charge in [0.2, 0.25) is 0 Å². The minimum Gasteiger partial charge on any atom is -0.490 e. The van der Waals surface area contributed by atoms with Gasteiger partial charge in [0, 0.05) is 7.11 Å². The first-order chi connectivity index (χ1) is 9.72. The van der Waals surface area contributed by atoms with Gasteiger partial charge in [0.15, 0.2) is 0 Å². The fraction of sp³-hybridized carbons (Fsp3) is 0.625. The summed E-state index contributed by atoms with van der Waals surface area (Å²) in [4.78, 5) is 0. The molecule has 1 aliphatic carbocycles. The van der Waals surface area contributed by atoms with Crippen molar-refractivity contribution < 1.29 is 14.6 Å². The molecule has 20 heavy (non-hydrogen) atoms. The number of hydrogen-bond donors (Lipinski definition) is 1. The van der Waals surface area contributed by atoms with Crippen LogP contribution in [0.25, 0.3) is 0 Å². The lowest BCUT2D eigenvalue weighted by molar-refractivity contribution is 0.0847. The molecule has 0 radical (unpaired) electrons. The molecule has 0 aliphatic heterocycles. The highest BCUT2D eigenvalue weighted by molar-refractivity contribution is 9.10. The van der Waals surface area contributed by atoms with Crippen molar-refractivity contribution in [1.29, 1.82) is 0 Å². The zero-order valence-electron chi connectivity index (χ0n) is 12.0. The van der Waals surface area contributed by atoms with Crippen LogP contribution in [-0.2, 0) is 4.74 Å². The Kier molecular flexibility index (Phi) is 6.33. The number of aliphatic hydroxyl groups is 1. The maximum atomic E-state index is 10.5. The van der Waals surface area contributed by atoms with Crippen molar-refractivity contribution in [3.8, 4) is 5.75 Å². The number of ether oxygens (including phenoxy) is 2. The molecule has 3 nitrogen and oxygen atoms in total. The number of benzene rings is 1. The highest BCUT2D eigenvalue weighted by Gasteiger charge is 2.23. The molecule has 0 spiro atoms. The van der Waals surface area contributed by atoms with Gasteiger partial charge in [0.25, 0.3) is 0 Å². The second-order valence-electron chi connectivity index (χ2n) is 5.37. The summed E-state index contributed by atoms with van der Waals surface area (Å²) in [7, 11) is 1.65. The highest BCUT2D eigenvalue weighted by Crippen LogP contribution is 2.36. The first-order valence-electron chi connectivity index (χ1n) is 7.31. The molecule has 1 fully saturated rings. The lowest BCUT2D eigenvalue weighted by atomic mass is 9.83. The van der Waals surface area contributed by atoms with E-state index in [1.165, 1.54) is 19.3 Å². The van der Waals surface area contributed by atoms with E-state index in [0.29, 0.717) is 19.1 Å². The van der Waals surface area contributed by atoms with Crippen molar-refractivity contribution >= 4 is 15.9 Å². The van der Waals surface area contributed by atoms with Crippen LogP contribution in [0.2, 0.25) is 0 Å². The van der Waals surface area contributed by atoms with Crippen LogP contribution in [-0.4, -0.2) is 25.4 Å². The topological polar surface area (TPSA) is 38.7 Å². The molecule has 1 atom stereocenters. The number of halogens is 1. The van der Waals surface area contributed by atoms with Crippen molar-refractivity contribution in [2.75, 3.05) is 20.3 Å². The number of methoxy groups -OCH3 is 1. The highest BCUT2D eigenvalue weighted by atomic mass is 79.9. The molecule has 2 rings (SSSR count). The second-order valence-corrected chi connectivity index (χ2v) is 6.23. The Morgan fingerprint density at radius 1 is 1.25 bits per heavy atom. The van der Waals surface area contributed by atoms with Crippen molar-refractivity contribution in [2.45, 2.75) is 38.2 Å². The van der Waals surface area contributed by atoms with Crippen molar-refractivity contribution in [1.82, 2.24) is 0 Å². The van der Waals surface area contributed by atoms with Gasteiger partial charge in [-0.25, -0.2) is 0 Å². The molecule has 1 aromatic carbocycles. The number of hydrogen-bond acceptors (Lipinski definition) is 3. The molecular weight excluding hydrogens is 320 g/mol. The molecule has 112 valence electrons. The third kappa shape index (κ3) is 4.21. The van der Waals surface area contributed by atoms with E-state index in [0.717, 1.165) is 28.6 Å². The van der Waals surface area contributed by atoms with Crippen LogP contribution in [0, 0.1) is 5.92 Å². The Morgan fingerprint density at radius 3 is 2.65 bits per heavy atom. The van der Waals surface area contributed by atoms with Gasteiger partial charge in [-0.15, -0.1) is 0 Å². The quantitative estimate of drug-likeness (QED) is 0.791. The van der Waals surface area contributed by atoms with Crippen LogP contribution >= 0.6 is 15.9 Å². The first-order valence-corrected chi connectivity index (χ1v) is 8.11. The van der Waals surface area contributed by atoms with Gasteiger partial charge >= 0.3 is 0 Å². The zero-order valence-corrected chi connectivity index (χ0v) is 13.6. The van der Waals surface area contributed by atoms with E-state index in [4.69, 9.17) is 9.47 Å². The van der Waals surface area contributed by atoms with Crippen LogP contribution in [0.5, 0.6) is 5.75 Å². The van der Waals surface area contributed by atoms with Crippen molar-refractivity contribution in [3.63, 3.8) is 0 Å². The van der Waals surface area contributed by atoms with Gasteiger partial charge in [0.05, 0.1) is 17.2 Å². The normalized spacial score (nSPS) is 17.9. The molecular formula is C16H23BrO3. The summed E-state index contributed by atoms with van der Waals surface area (Å²) in [5.41, 5.74) is 0.975. The Hall–Kier alpha value is -0.580. The molecule has 1 N–H and O–H groups in total. The molecule has 0 aromatic heterocycles. The lowest BCUT2D eigenvalue weighted by Gasteiger charge is -2.27. The van der Waals surface area contributed by atoms with Gasteiger partial charge < -0.3 is 14.6 Å². The van der Waals surface area contributed by atoms with Crippen LogP contribution < -0.4 is 4.74 Å². The summed E-state index contributed by atoms with van der Waals surface area (Å²) >= 11 is 3.51. The van der Waals surface area contributed by atoms with E-state index in [2.05, 4.69) is 15.9 Å². The predicted octanol–water partition coefficient (Wildman–Crippen LogP) is 4.09. The zero-order chi connectivity index (χ0) is 14.4. The largest absolute Gasteiger partial charge is 0.490 e. The van der Waals surface area contributed by atoms with E-state index in [1.807, 2.05) is 18.2 Å². The van der Waals surface area contributed by atoms with Gasteiger partial charge in [-0.2, -0.15) is 0 Å². The third-order valence-corrected chi connectivity index (χ3v) is 4.56. The van der Waals surface area contributed by atoms with E-state index >= 15 is 0 Å². The molecule has 0 amide bonds. The molecule has 0 saturated heterocycles. The summed E-state index contributed by atoms with van der Waals surface area (Å²) in [6.45, 7) is 1.10. The van der Waals surface area contributed by atoms with Gasteiger partial charge in [-0.05, 0) is 52.4 Å². The lowest BCUT2D eigenvalue weighted by Crippen LogP contribution is -2.16. The Balaban J connectivity index is 1.99. The molecule has 1 aliphatic rings. The molecule has 1 saturated carbocycles. The van der Waals surface area contributed by atoms with Crippen LogP contribution in [0.15, 0.2) is 22.7 Å². The van der Waals surface area contributed by atoms with Crippen LogP contribution in [0.3, 0.4) is 0 Å². The van der Waals surface area contributed by atoms with E-state index in [-0.39, 0.29) is 6.10 Å². The smallest absolute Gasteiger partial charge is 0.133 e. The predicted molar refractivity (Wildman–Crippen MR) is 83.0 cm³/mol. The van der Waals surface area contributed by atoms with Crippen molar-refractivity contribution in [3.05, 3.63) is 28.2 Å². The minimum absolute atomic E-state index is 0.361. The molecule has 0 bridgehead atoms. The summed E-state index contributed by atoms with van der Waals surface area (Å²) in [5, 5.41) is 10.5. The average molecular weight is 343 g/mol. The van der Waals surface area contributed by atoms with E-state index < -0.39 is 0 Å². The fourth-order valence-corrected chi connectivity index (χ4v) is 3.29. The monoisotopic (exact) mass is 342 g/mol. The SMILES string of the molecule is COCCOc1ccc(C(O)C2CCCCC2)cc1Br. The summed E-state index contributed by atoms with van der Waals surface area (Å²) in [5.74, 6) is 1.19. The average Bonchev–Trinajstić information content (AvgIpc) is 2.49. The summed E-state index contributed by atoms with van der Waals surface area (Å²) < 4.78 is 11.5. The van der Waals surface area contributed by atoms with E-state index in [9.17, 15) is 5.11 Å². The molecule has 1 unspecified atom stereocenters. The Morgan fingerprint density at radius 2 is 2.00 bits per heavy atom. The van der Waals surface area contributed by atoms with Gasteiger partial charge in [0.1, 0.15) is 12.4 Å². The molecule has 4 heteroatoms. The Bertz CT molecular complexity index is 416. The summed E-state index contributed by atoms with van der Waals surface area (Å²) in [6.07, 6.45) is 5.68.